The maximum absolute atomic E-state index is 13.5. The number of nitrogens with one attached hydrogen (secondary N) is 1. The molecule has 3 rings (SSSR count). The zero-order chi connectivity index (χ0) is 22.6. The van der Waals surface area contributed by atoms with Crippen molar-refractivity contribution in [3.05, 3.63) is 29.8 Å². The van der Waals surface area contributed by atoms with Crippen LogP contribution in [-0.2, 0) is 14.3 Å². The van der Waals surface area contributed by atoms with Crippen LogP contribution >= 0.6 is 0 Å². The third-order valence-electron chi connectivity index (χ3n) is 6.60. The molecule has 174 valence electrons. The van der Waals surface area contributed by atoms with Gasteiger partial charge in [-0.3, -0.25) is 0 Å². The molecule has 0 bridgehead atoms. The molecule has 2 N–H and O–H groups in total. The Hall–Kier alpha value is -1.67. The third-order valence-corrected chi connectivity index (χ3v) is 6.60. The van der Waals surface area contributed by atoms with Gasteiger partial charge in [-0.1, -0.05) is 38.8 Å². The third kappa shape index (κ3) is 4.90. The Labute approximate surface area is 186 Å². The Morgan fingerprint density at radius 1 is 1.29 bits per heavy atom. The molecule has 2 aliphatic rings. The van der Waals surface area contributed by atoms with Gasteiger partial charge < -0.3 is 19.3 Å². The number of methoxy groups -OCH3 is 1. The molecule has 31 heavy (non-hydrogen) atoms. The molecule has 7 nitrogen and oxygen atoms in total. The predicted molar refractivity (Wildman–Crippen MR) is 118 cm³/mol. The van der Waals surface area contributed by atoms with Gasteiger partial charge in [-0.25, -0.2) is 15.2 Å². The van der Waals surface area contributed by atoms with E-state index in [1.54, 1.807) is 7.11 Å². The second-order valence-corrected chi connectivity index (χ2v) is 9.27. The molecular weight excluding hydrogens is 396 g/mol. The summed E-state index contributed by atoms with van der Waals surface area (Å²) < 4.78 is 17.5. The van der Waals surface area contributed by atoms with E-state index in [1.165, 1.54) is 0 Å². The Morgan fingerprint density at radius 2 is 2.00 bits per heavy atom. The van der Waals surface area contributed by atoms with Gasteiger partial charge in [0.2, 0.25) is 5.72 Å². The van der Waals surface area contributed by atoms with E-state index in [0.29, 0.717) is 13.0 Å². The summed E-state index contributed by atoms with van der Waals surface area (Å²) in [6, 6.07) is 7.58. The van der Waals surface area contributed by atoms with E-state index >= 15 is 0 Å². The minimum Gasteiger partial charge on any atom is -0.497 e. The molecule has 2 heterocycles. The lowest BCUT2D eigenvalue weighted by Gasteiger charge is -2.38. The number of rotatable bonds is 9. The number of ether oxygens (including phenoxy) is 3. The Bertz CT molecular complexity index is 738. The summed E-state index contributed by atoms with van der Waals surface area (Å²) in [5, 5.41) is 12.6. The van der Waals surface area contributed by atoms with Gasteiger partial charge in [0.25, 0.3) is 0 Å². The van der Waals surface area contributed by atoms with Gasteiger partial charge in [-0.15, -0.1) is 0 Å². The lowest BCUT2D eigenvalue weighted by Crippen LogP contribution is -2.61. The van der Waals surface area contributed by atoms with Crippen molar-refractivity contribution in [2.24, 2.45) is 5.92 Å². The van der Waals surface area contributed by atoms with E-state index in [-0.39, 0.29) is 12.5 Å². The molecule has 7 heteroatoms. The highest BCUT2D eigenvalue weighted by atomic mass is 16.6. The Balaban J connectivity index is 1.82. The van der Waals surface area contributed by atoms with Gasteiger partial charge in [-0.2, -0.15) is 0 Å². The standard InChI is InChI=1S/C24H38N2O5/c1-6-9-17(7-2)20(27)16-30-24-14-8-15-26(24)25-23(3,4)21(31-22(24)28)18-10-12-19(29-5)13-11-18/h10-13,17,20-21,25,27H,6-9,14-16H2,1-5H3. The second-order valence-electron chi connectivity index (χ2n) is 9.27. The predicted octanol–water partition coefficient (Wildman–Crippen LogP) is 3.57. The van der Waals surface area contributed by atoms with Crippen molar-refractivity contribution < 1.29 is 24.1 Å². The summed E-state index contributed by atoms with van der Waals surface area (Å²) in [6.07, 6.45) is 3.06. The fraction of sp³-hybridized carbons (Fsp3) is 0.708. The van der Waals surface area contributed by atoms with Gasteiger partial charge in [-0.05, 0) is 50.3 Å². The molecule has 0 radical (unpaired) electrons. The molecular formula is C24H38N2O5. The van der Waals surface area contributed by atoms with E-state index in [1.807, 2.05) is 43.1 Å². The van der Waals surface area contributed by atoms with Crippen LogP contribution in [-0.4, -0.2) is 53.7 Å². The van der Waals surface area contributed by atoms with Gasteiger partial charge >= 0.3 is 5.97 Å². The molecule has 4 atom stereocenters. The normalized spacial score (nSPS) is 27.8. The van der Waals surface area contributed by atoms with Crippen molar-refractivity contribution in [3.63, 3.8) is 0 Å². The van der Waals surface area contributed by atoms with Gasteiger partial charge in [0.1, 0.15) is 11.9 Å². The monoisotopic (exact) mass is 434 g/mol. The lowest BCUT2D eigenvalue weighted by atomic mass is 9.91. The number of hydrogen-bond donors (Lipinski definition) is 2. The zero-order valence-corrected chi connectivity index (χ0v) is 19.5. The summed E-state index contributed by atoms with van der Waals surface area (Å²) in [4.78, 5) is 13.5. The number of aliphatic hydroxyl groups is 1. The summed E-state index contributed by atoms with van der Waals surface area (Å²) in [5.74, 6) is 0.510. The number of cyclic esters (lactones) is 1. The van der Waals surface area contributed by atoms with Crippen LogP contribution in [0.3, 0.4) is 0 Å². The van der Waals surface area contributed by atoms with Crippen molar-refractivity contribution in [2.45, 2.75) is 83.3 Å². The average Bonchev–Trinajstić information content (AvgIpc) is 3.13. The van der Waals surface area contributed by atoms with Crippen LogP contribution in [0.5, 0.6) is 5.75 Å². The molecule has 2 saturated heterocycles. The molecule has 0 amide bonds. The van der Waals surface area contributed by atoms with Crippen molar-refractivity contribution in [2.75, 3.05) is 20.3 Å². The molecule has 1 aromatic rings. The molecule has 0 aromatic heterocycles. The first kappa shape index (κ1) is 24.0. The SMILES string of the molecule is CCCC(CC)C(O)COC12CCCN1NC(C)(C)C(c1ccc(OC)cc1)OC2=O. The quantitative estimate of drug-likeness (QED) is 0.575. The average molecular weight is 435 g/mol. The van der Waals surface area contributed by atoms with Gasteiger partial charge in [0, 0.05) is 13.0 Å². The van der Waals surface area contributed by atoms with E-state index in [0.717, 1.165) is 37.0 Å². The highest BCUT2D eigenvalue weighted by Crippen LogP contribution is 2.41. The van der Waals surface area contributed by atoms with Crippen molar-refractivity contribution in [1.82, 2.24) is 10.4 Å². The maximum Gasteiger partial charge on any atom is 0.356 e. The first-order valence-electron chi connectivity index (χ1n) is 11.5. The Kier molecular flexibility index (Phi) is 7.63. The fourth-order valence-electron chi connectivity index (χ4n) is 4.77. The van der Waals surface area contributed by atoms with E-state index in [2.05, 4.69) is 19.3 Å². The van der Waals surface area contributed by atoms with Crippen molar-refractivity contribution >= 4 is 5.97 Å². The minimum atomic E-state index is -1.22. The fourth-order valence-corrected chi connectivity index (χ4v) is 4.77. The molecule has 4 unspecified atom stereocenters. The van der Waals surface area contributed by atoms with Crippen LogP contribution in [0.1, 0.15) is 71.5 Å². The maximum atomic E-state index is 13.5. The van der Waals surface area contributed by atoms with Crippen LogP contribution in [0, 0.1) is 5.92 Å². The molecule has 0 saturated carbocycles. The van der Waals surface area contributed by atoms with Gasteiger partial charge in [0.15, 0.2) is 0 Å². The number of aliphatic hydroxyl groups excluding tert-OH is 1. The number of hydrogen-bond acceptors (Lipinski definition) is 7. The topological polar surface area (TPSA) is 80.3 Å². The van der Waals surface area contributed by atoms with Crippen LogP contribution < -0.4 is 10.2 Å². The highest BCUT2D eigenvalue weighted by Gasteiger charge is 2.56. The lowest BCUT2D eigenvalue weighted by molar-refractivity contribution is -0.206. The number of fused-ring (bicyclic) bond motifs is 1. The first-order valence-corrected chi connectivity index (χ1v) is 11.5. The number of hydrazine groups is 1. The van der Waals surface area contributed by atoms with E-state index < -0.39 is 29.4 Å². The van der Waals surface area contributed by atoms with Crippen LogP contribution in [0.25, 0.3) is 0 Å². The largest absolute Gasteiger partial charge is 0.497 e. The smallest absolute Gasteiger partial charge is 0.356 e. The van der Waals surface area contributed by atoms with Crippen LogP contribution in [0.15, 0.2) is 24.3 Å². The Morgan fingerprint density at radius 3 is 2.61 bits per heavy atom. The van der Waals surface area contributed by atoms with Crippen LogP contribution in [0.2, 0.25) is 0 Å². The second kappa shape index (κ2) is 9.86. The molecule has 0 spiro atoms. The van der Waals surface area contributed by atoms with Gasteiger partial charge in [0.05, 0.1) is 25.4 Å². The summed E-state index contributed by atoms with van der Waals surface area (Å²) >= 11 is 0. The summed E-state index contributed by atoms with van der Waals surface area (Å²) in [7, 11) is 1.62. The number of nitrogens with zero attached hydrogens (tertiary/aromatic N) is 1. The number of carbonyl (C=O) groups excluding carboxylic acids is 1. The van der Waals surface area contributed by atoms with E-state index in [9.17, 15) is 9.90 Å². The molecule has 2 fully saturated rings. The first-order chi connectivity index (χ1) is 14.8. The number of carbonyl (C=O) groups is 1. The van der Waals surface area contributed by atoms with Crippen LogP contribution in [0.4, 0.5) is 0 Å². The van der Waals surface area contributed by atoms with Crippen molar-refractivity contribution in [3.8, 4) is 5.75 Å². The molecule has 1 aromatic carbocycles. The summed E-state index contributed by atoms with van der Waals surface area (Å²) in [5.41, 5.74) is 2.63. The van der Waals surface area contributed by atoms with E-state index in [4.69, 9.17) is 14.2 Å². The zero-order valence-electron chi connectivity index (χ0n) is 19.5. The molecule has 0 aliphatic carbocycles. The molecule has 2 aliphatic heterocycles. The van der Waals surface area contributed by atoms with Crippen molar-refractivity contribution in [1.29, 1.82) is 0 Å². The number of benzene rings is 1. The number of esters is 1. The summed E-state index contributed by atoms with van der Waals surface area (Å²) in [6.45, 7) is 9.02. The minimum absolute atomic E-state index is 0.111. The highest BCUT2D eigenvalue weighted by molar-refractivity contribution is 5.80.